The van der Waals surface area contributed by atoms with Crippen LogP contribution in [0.1, 0.15) is 26.7 Å². The largest absolute Gasteiger partial charge is 0.497 e. The quantitative estimate of drug-likeness (QED) is 0.759. The minimum Gasteiger partial charge on any atom is -0.497 e. The van der Waals surface area contributed by atoms with Crippen LogP contribution < -0.4 is 14.2 Å². The van der Waals surface area contributed by atoms with Crippen molar-refractivity contribution in [3.8, 4) is 11.5 Å². The molecule has 0 heterocycles. The molecule has 1 aromatic rings. The molecule has 0 spiro atoms. The Morgan fingerprint density at radius 3 is 2.29 bits per heavy atom. The van der Waals surface area contributed by atoms with Gasteiger partial charge in [-0.3, -0.25) is 0 Å². The summed E-state index contributed by atoms with van der Waals surface area (Å²) in [6, 6.07) is 4.53. The first-order valence-electron chi connectivity index (χ1n) is 6.76. The van der Waals surface area contributed by atoms with E-state index < -0.39 is 15.6 Å². The standard InChI is InChI=1S/C14H23NO5S/c1-5-14(16,6-2)10-15-21(17,18)13-9-11(19-3)7-8-12(13)20-4/h7-9,15-16H,5-6,10H2,1-4H3. The van der Waals surface area contributed by atoms with Gasteiger partial charge in [-0.25, -0.2) is 13.1 Å². The van der Waals surface area contributed by atoms with Crippen LogP contribution in [0.5, 0.6) is 11.5 Å². The van der Waals surface area contributed by atoms with Crippen molar-refractivity contribution in [2.45, 2.75) is 37.2 Å². The summed E-state index contributed by atoms with van der Waals surface area (Å²) < 4.78 is 37.4. The zero-order valence-corrected chi connectivity index (χ0v) is 13.7. The molecule has 0 radical (unpaired) electrons. The molecular weight excluding hydrogens is 294 g/mol. The summed E-state index contributed by atoms with van der Waals surface area (Å²) in [5.41, 5.74) is -1.06. The average molecular weight is 317 g/mol. The zero-order chi connectivity index (χ0) is 16.1. The summed E-state index contributed by atoms with van der Waals surface area (Å²) >= 11 is 0. The van der Waals surface area contributed by atoms with Crippen LogP contribution in [0.4, 0.5) is 0 Å². The lowest BCUT2D eigenvalue weighted by atomic mass is 9.98. The van der Waals surface area contributed by atoms with Crippen LogP contribution in [0, 0.1) is 0 Å². The fourth-order valence-corrected chi connectivity index (χ4v) is 3.10. The van der Waals surface area contributed by atoms with Gasteiger partial charge in [0.25, 0.3) is 0 Å². The molecule has 0 aromatic heterocycles. The molecule has 0 aliphatic heterocycles. The van der Waals surface area contributed by atoms with E-state index in [1.165, 1.54) is 26.4 Å². The highest BCUT2D eigenvalue weighted by atomic mass is 32.2. The number of benzene rings is 1. The number of hydrogen-bond donors (Lipinski definition) is 2. The summed E-state index contributed by atoms with van der Waals surface area (Å²) in [6.45, 7) is 3.57. The summed E-state index contributed by atoms with van der Waals surface area (Å²) in [5, 5.41) is 10.2. The third kappa shape index (κ3) is 4.33. The first kappa shape index (κ1) is 17.7. The Kier molecular flexibility index (Phi) is 6.00. The predicted octanol–water partition coefficient (Wildman–Crippen LogP) is 1.53. The fraction of sp³-hybridized carbons (Fsp3) is 0.571. The van der Waals surface area contributed by atoms with Gasteiger partial charge in [0.1, 0.15) is 16.4 Å². The SMILES string of the molecule is CCC(O)(CC)CNS(=O)(=O)c1cc(OC)ccc1OC. The molecule has 6 nitrogen and oxygen atoms in total. The fourth-order valence-electron chi connectivity index (χ4n) is 1.80. The minimum absolute atomic E-state index is 0.0149. The summed E-state index contributed by atoms with van der Waals surface area (Å²) in [4.78, 5) is -0.0149. The predicted molar refractivity (Wildman–Crippen MR) is 80.3 cm³/mol. The molecular formula is C14H23NO5S. The molecule has 1 aromatic carbocycles. The van der Waals surface area contributed by atoms with Crippen LogP contribution in [0.15, 0.2) is 23.1 Å². The Labute approximate surface area is 126 Å². The van der Waals surface area contributed by atoms with Crippen molar-refractivity contribution in [3.63, 3.8) is 0 Å². The van der Waals surface area contributed by atoms with Crippen LogP contribution in [-0.4, -0.2) is 39.9 Å². The minimum atomic E-state index is -3.80. The molecule has 0 unspecified atom stereocenters. The Bertz CT molecular complexity index is 567. The molecule has 0 aliphatic rings. The zero-order valence-electron chi connectivity index (χ0n) is 12.8. The van der Waals surface area contributed by atoms with Gasteiger partial charge in [-0.1, -0.05) is 13.8 Å². The first-order valence-corrected chi connectivity index (χ1v) is 8.24. The van der Waals surface area contributed by atoms with Gasteiger partial charge >= 0.3 is 0 Å². The highest BCUT2D eigenvalue weighted by molar-refractivity contribution is 7.89. The molecule has 0 fully saturated rings. The third-order valence-corrected chi connectivity index (χ3v) is 4.99. The van der Waals surface area contributed by atoms with Crippen molar-refractivity contribution in [3.05, 3.63) is 18.2 Å². The van der Waals surface area contributed by atoms with E-state index >= 15 is 0 Å². The molecule has 7 heteroatoms. The Morgan fingerprint density at radius 1 is 1.19 bits per heavy atom. The molecule has 0 atom stereocenters. The highest BCUT2D eigenvalue weighted by Crippen LogP contribution is 2.28. The number of rotatable bonds is 8. The molecule has 21 heavy (non-hydrogen) atoms. The van der Waals surface area contributed by atoms with Gasteiger partial charge in [0.05, 0.1) is 19.8 Å². The van der Waals surface area contributed by atoms with Crippen molar-refractivity contribution in [2.24, 2.45) is 0 Å². The average Bonchev–Trinajstić information content (AvgIpc) is 2.52. The van der Waals surface area contributed by atoms with Crippen molar-refractivity contribution in [1.82, 2.24) is 4.72 Å². The maximum atomic E-state index is 12.4. The number of hydrogen-bond acceptors (Lipinski definition) is 5. The van der Waals surface area contributed by atoms with Gasteiger partial charge in [-0.05, 0) is 25.0 Å². The van der Waals surface area contributed by atoms with E-state index in [0.717, 1.165) is 0 Å². The number of aliphatic hydroxyl groups is 1. The topological polar surface area (TPSA) is 84.9 Å². The van der Waals surface area contributed by atoms with Crippen LogP contribution in [0.3, 0.4) is 0 Å². The number of sulfonamides is 1. The number of methoxy groups -OCH3 is 2. The lowest BCUT2D eigenvalue weighted by Crippen LogP contribution is -2.42. The first-order chi connectivity index (χ1) is 9.81. The number of nitrogens with one attached hydrogen (secondary N) is 1. The van der Waals surface area contributed by atoms with Crippen LogP contribution in [0.25, 0.3) is 0 Å². The second-order valence-corrected chi connectivity index (χ2v) is 6.51. The molecule has 0 saturated carbocycles. The van der Waals surface area contributed by atoms with E-state index in [-0.39, 0.29) is 17.2 Å². The molecule has 0 saturated heterocycles. The lowest BCUT2D eigenvalue weighted by Gasteiger charge is -2.25. The molecule has 0 aliphatic carbocycles. The van der Waals surface area contributed by atoms with Gasteiger partial charge in [-0.2, -0.15) is 0 Å². The van der Waals surface area contributed by atoms with Gasteiger partial charge in [0.15, 0.2) is 0 Å². The highest BCUT2D eigenvalue weighted by Gasteiger charge is 2.27. The number of ether oxygens (including phenoxy) is 2. The van der Waals surface area contributed by atoms with Crippen LogP contribution >= 0.6 is 0 Å². The molecule has 0 amide bonds. The van der Waals surface area contributed by atoms with Crippen LogP contribution in [-0.2, 0) is 10.0 Å². The van der Waals surface area contributed by atoms with Crippen molar-refractivity contribution in [2.75, 3.05) is 20.8 Å². The maximum absolute atomic E-state index is 12.4. The maximum Gasteiger partial charge on any atom is 0.244 e. The summed E-state index contributed by atoms with van der Waals surface area (Å²) in [5.74, 6) is 0.636. The smallest absolute Gasteiger partial charge is 0.244 e. The van der Waals surface area contributed by atoms with E-state index in [2.05, 4.69) is 4.72 Å². The van der Waals surface area contributed by atoms with Crippen molar-refractivity contribution in [1.29, 1.82) is 0 Å². The molecule has 0 bridgehead atoms. The van der Waals surface area contributed by atoms with Gasteiger partial charge in [0, 0.05) is 12.6 Å². The third-order valence-electron chi connectivity index (χ3n) is 3.57. The van der Waals surface area contributed by atoms with E-state index in [9.17, 15) is 13.5 Å². The second-order valence-electron chi connectivity index (χ2n) is 4.77. The Hall–Kier alpha value is -1.31. The second kappa shape index (κ2) is 7.11. The molecule has 120 valence electrons. The Balaban J connectivity index is 3.07. The summed E-state index contributed by atoms with van der Waals surface area (Å²) in [7, 11) is -0.949. The van der Waals surface area contributed by atoms with Crippen molar-refractivity contribution < 1.29 is 23.0 Å². The molecule has 2 N–H and O–H groups in total. The van der Waals surface area contributed by atoms with Gasteiger partial charge in [0.2, 0.25) is 10.0 Å². The van der Waals surface area contributed by atoms with E-state index in [0.29, 0.717) is 18.6 Å². The Morgan fingerprint density at radius 2 is 1.81 bits per heavy atom. The van der Waals surface area contributed by atoms with Crippen molar-refractivity contribution >= 4 is 10.0 Å². The summed E-state index contributed by atoms with van der Waals surface area (Å²) in [6.07, 6.45) is 0.919. The van der Waals surface area contributed by atoms with E-state index in [1.807, 2.05) is 13.8 Å². The van der Waals surface area contributed by atoms with Gasteiger partial charge in [-0.15, -0.1) is 0 Å². The normalized spacial score (nSPS) is 12.2. The van der Waals surface area contributed by atoms with E-state index in [1.54, 1.807) is 6.07 Å². The van der Waals surface area contributed by atoms with E-state index in [4.69, 9.17) is 9.47 Å². The molecule has 1 rings (SSSR count). The van der Waals surface area contributed by atoms with Crippen LogP contribution in [0.2, 0.25) is 0 Å². The monoisotopic (exact) mass is 317 g/mol. The van der Waals surface area contributed by atoms with Gasteiger partial charge < -0.3 is 14.6 Å². The lowest BCUT2D eigenvalue weighted by molar-refractivity contribution is 0.0377.